The Morgan fingerprint density at radius 2 is 2.00 bits per heavy atom. The fraction of sp³-hybridized carbons (Fsp3) is 0.533. The van der Waals surface area contributed by atoms with E-state index in [0.29, 0.717) is 11.4 Å². The van der Waals surface area contributed by atoms with E-state index in [1.807, 2.05) is 30.3 Å². The maximum Gasteiger partial charge on any atom is 0.193 e. The number of anilines is 1. The number of hydrogen-bond acceptors (Lipinski definition) is 1. The van der Waals surface area contributed by atoms with Crippen molar-refractivity contribution in [3.63, 3.8) is 0 Å². The zero-order valence-electron chi connectivity index (χ0n) is 11.6. The van der Waals surface area contributed by atoms with Crippen molar-refractivity contribution in [1.29, 1.82) is 0 Å². The van der Waals surface area contributed by atoms with Gasteiger partial charge in [-0.15, -0.1) is 24.0 Å². The molecule has 0 amide bonds. The Morgan fingerprint density at radius 1 is 1.32 bits per heavy atom. The van der Waals surface area contributed by atoms with E-state index >= 15 is 0 Å². The minimum absolute atomic E-state index is 0. The lowest BCUT2D eigenvalue weighted by Crippen LogP contribution is -2.34. The quantitative estimate of drug-likeness (QED) is 0.466. The smallest absolute Gasteiger partial charge is 0.193 e. The van der Waals surface area contributed by atoms with Crippen molar-refractivity contribution < 1.29 is 0 Å². The summed E-state index contributed by atoms with van der Waals surface area (Å²) < 4.78 is 0. The Balaban J connectivity index is 0.00000180. The SMILES string of the molecule is CCCC1(CN=C(N)Nc2ccccc2)CCC1.I. The molecule has 0 aliphatic heterocycles. The summed E-state index contributed by atoms with van der Waals surface area (Å²) in [5, 5.41) is 3.13. The molecule has 1 saturated carbocycles. The van der Waals surface area contributed by atoms with Crippen LogP contribution in [0.5, 0.6) is 0 Å². The summed E-state index contributed by atoms with van der Waals surface area (Å²) in [4.78, 5) is 4.52. The van der Waals surface area contributed by atoms with Gasteiger partial charge in [-0.05, 0) is 36.8 Å². The molecule has 0 heterocycles. The second kappa shape index (κ2) is 7.72. The summed E-state index contributed by atoms with van der Waals surface area (Å²) in [6.45, 7) is 3.11. The average Bonchev–Trinajstić information content (AvgIpc) is 2.34. The van der Waals surface area contributed by atoms with Crippen LogP contribution in [0.4, 0.5) is 5.69 Å². The number of guanidine groups is 1. The van der Waals surface area contributed by atoms with E-state index in [0.717, 1.165) is 12.2 Å². The van der Waals surface area contributed by atoms with Crippen molar-refractivity contribution in [2.45, 2.75) is 39.0 Å². The van der Waals surface area contributed by atoms with Crippen molar-refractivity contribution in [2.75, 3.05) is 11.9 Å². The highest BCUT2D eigenvalue weighted by molar-refractivity contribution is 14.0. The van der Waals surface area contributed by atoms with E-state index < -0.39 is 0 Å². The third-order valence-electron chi connectivity index (χ3n) is 3.83. The number of nitrogens with zero attached hydrogens (tertiary/aromatic N) is 1. The number of hydrogen-bond donors (Lipinski definition) is 2. The second-order valence-electron chi connectivity index (χ2n) is 5.30. The normalized spacial score (nSPS) is 17.2. The van der Waals surface area contributed by atoms with Crippen molar-refractivity contribution in [1.82, 2.24) is 0 Å². The molecule has 0 radical (unpaired) electrons. The summed E-state index contributed by atoms with van der Waals surface area (Å²) in [6, 6.07) is 9.95. The molecule has 3 N–H and O–H groups in total. The van der Waals surface area contributed by atoms with E-state index in [4.69, 9.17) is 5.73 Å². The molecule has 19 heavy (non-hydrogen) atoms. The maximum absolute atomic E-state index is 5.93. The van der Waals surface area contributed by atoms with Gasteiger partial charge in [-0.3, -0.25) is 4.99 Å². The third kappa shape index (κ3) is 4.67. The number of nitrogens with one attached hydrogen (secondary N) is 1. The van der Waals surface area contributed by atoms with Gasteiger partial charge in [0.15, 0.2) is 5.96 Å². The Labute approximate surface area is 133 Å². The molecular formula is C15H24IN3. The van der Waals surface area contributed by atoms with Crippen LogP contribution in [0.25, 0.3) is 0 Å². The van der Waals surface area contributed by atoms with Crippen LogP contribution < -0.4 is 11.1 Å². The zero-order valence-corrected chi connectivity index (χ0v) is 13.9. The predicted octanol–water partition coefficient (Wildman–Crippen LogP) is 4.00. The van der Waals surface area contributed by atoms with Crippen molar-refractivity contribution in [2.24, 2.45) is 16.1 Å². The summed E-state index contributed by atoms with van der Waals surface area (Å²) in [5.74, 6) is 0.531. The number of para-hydroxylation sites is 1. The van der Waals surface area contributed by atoms with Crippen LogP contribution in [-0.4, -0.2) is 12.5 Å². The highest BCUT2D eigenvalue weighted by Gasteiger charge is 2.35. The first-order chi connectivity index (χ1) is 8.74. The molecule has 1 fully saturated rings. The standard InChI is InChI=1S/C15H23N3.HI/c1-2-9-15(10-6-11-15)12-17-14(16)18-13-7-4-3-5-8-13;/h3-5,7-8H,2,6,9-12H2,1H3,(H3,16,17,18);1H. The zero-order chi connectivity index (χ0) is 12.8. The molecule has 0 bridgehead atoms. The minimum Gasteiger partial charge on any atom is -0.370 e. The van der Waals surface area contributed by atoms with Gasteiger partial charge in [-0.2, -0.15) is 0 Å². The van der Waals surface area contributed by atoms with E-state index in [1.165, 1.54) is 32.1 Å². The summed E-state index contributed by atoms with van der Waals surface area (Å²) >= 11 is 0. The van der Waals surface area contributed by atoms with Gasteiger partial charge < -0.3 is 11.1 Å². The van der Waals surface area contributed by atoms with Gasteiger partial charge in [0.2, 0.25) is 0 Å². The first-order valence-corrected chi connectivity index (χ1v) is 6.86. The lowest BCUT2D eigenvalue weighted by Gasteiger charge is -2.40. The molecule has 0 saturated heterocycles. The number of nitrogens with two attached hydrogens (primary N) is 1. The van der Waals surface area contributed by atoms with E-state index in [1.54, 1.807) is 0 Å². The van der Waals surface area contributed by atoms with Gasteiger partial charge in [0, 0.05) is 12.2 Å². The van der Waals surface area contributed by atoms with Crippen LogP contribution >= 0.6 is 24.0 Å². The molecule has 0 spiro atoms. The molecule has 1 aromatic rings. The lowest BCUT2D eigenvalue weighted by molar-refractivity contribution is 0.130. The number of rotatable bonds is 5. The number of aliphatic imine (C=N–C) groups is 1. The molecule has 0 aromatic heterocycles. The molecule has 1 aliphatic carbocycles. The Kier molecular flexibility index (Phi) is 6.62. The van der Waals surface area contributed by atoms with E-state index in [2.05, 4.69) is 17.2 Å². The Bertz CT molecular complexity index is 399. The molecule has 4 heteroatoms. The van der Waals surface area contributed by atoms with Crippen molar-refractivity contribution in [3.05, 3.63) is 30.3 Å². The van der Waals surface area contributed by atoms with Crippen LogP contribution in [0.2, 0.25) is 0 Å². The third-order valence-corrected chi connectivity index (χ3v) is 3.83. The highest BCUT2D eigenvalue weighted by atomic mass is 127. The molecule has 106 valence electrons. The topological polar surface area (TPSA) is 50.4 Å². The number of benzene rings is 1. The van der Waals surface area contributed by atoms with Gasteiger partial charge in [0.1, 0.15) is 0 Å². The van der Waals surface area contributed by atoms with Crippen molar-refractivity contribution in [3.8, 4) is 0 Å². The Morgan fingerprint density at radius 3 is 2.53 bits per heavy atom. The van der Waals surface area contributed by atoms with Gasteiger partial charge in [0.05, 0.1) is 0 Å². The van der Waals surface area contributed by atoms with Crippen molar-refractivity contribution >= 4 is 35.6 Å². The monoisotopic (exact) mass is 373 g/mol. The largest absolute Gasteiger partial charge is 0.370 e. The summed E-state index contributed by atoms with van der Waals surface area (Å²) in [7, 11) is 0. The summed E-state index contributed by atoms with van der Waals surface area (Å²) in [6.07, 6.45) is 6.48. The van der Waals surface area contributed by atoms with Crippen LogP contribution in [-0.2, 0) is 0 Å². The number of halogens is 1. The first-order valence-electron chi connectivity index (χ1n) is 6.86. The molecule has 1 aliphatic rings. The molecule has 1 aromatic carbocycles. The minimum atomic E-state index is 0. The van der Waals surface area contributed by atoms with Gasteiger partial charge in [-0.25, -0.2) is 0 Å². The fourth-order valence-corrected chi connectivity index (χ4v) is 2.66. The van der Waals surface area contributed by atoms with E-state index in [-0.39, 0.29) is 24.0 Å². The Hall–Kier alpha value is -0.780. The summed E-state index contributed by atoms with van der Waals surface area (Å²) in [5.41, 5.74) is 7.37. The van der Waals surface area contributed by atoms with Crippen LogP contribution in [0.15, 0.2) is 35.3 Å². The van der Waals surface area contributed by atoms with Gasteiger partial charge in [0.25, 0.3) is 0 Å². The second-order valence-corrected chi connectivity index (χ2v) is 5.30. The molecule has 0 unspecified atom stereocenters. The molecular weight excluding hydrogens is 349 g/mol. The van der Waals surface area contributed by atoms with E-state index in [9.17, 15) is 0 Å². The van der Waals surface area contributed by atoms with Crippen LogP contribution in [0, 0.1) is 5.41 Å². The average molecular weight is 373 g/mol. The molecule has 2 rings (SSSR count). The maximum atomic E-state index is 5.93. The first kappa shape index (κ1) is 16.3. The molecule has 0 atom stereocenters. The van der Waals surface area contributed by atoms with Crippen LogP contribution in [0.3, 0.4) is 0 Å². The lowest BCUT2D eigenvalue weighted by atomic mass is 9.66. The predicted molar refractivity (Wildman–Crippen MR) is 93.2 cm³/mol. The highest BCUT2D eigenvalue weighted by Crippen LogP contribution is 2.44. The van der Waals surface area contributed by atoms with Crippen LogP contribution in [0.1, 0.15) is 39.0 Å². The van der Waals surface area contributed by atoms with Gasteiger partial charge >= 0.3 is 0 Å². The molecule has 3 nitrogen and oxygen atoms in total. The van der Waals surface area contributed by atoms with Gasteiger partial charge in [-0.1, -0.05) is 38.0 Å². The fourth-order valence-electron chi connectivity index (χ4n) is 2.66.